The lowest BCUT2D eigenvalue weighted by Gasteiger charge is -2.29. The molecule has 3 aromatic rings. The van der Waals surface area contributed by atoms with E-state index in [1.807, 2.05) is 36.4 Å². The topological polar surface area (TPSA) is 77.8 Å². The summed E-state index contributed by atoms with van der Waals surface area (Å²) in [6.07, 6.45) is 6.91. The number of anilines is 1. The van der Waals surface area contributed by atoms with Gasteiger partial charge in [-0.1, -0.05) is 43.3 Å². The summed E-state index contributed by atoms with van der Waals surface area (Å²) in [6.45, 7) is 3.76. The fourth-order valence-corrected chi connectivity index (χ4v) is 3.63. The van der Waals surface area contributed by atoms with Crippen molar-refractivity contribution >= 4 is 11.5 Å². The van der Waals surface area contributed by atoms with Gasteiger partial charge in [-0.3, -0.25) is 4.98 Å². The number of halogens is 1. The lowest BCUT2D eigenvalue weighted by molar-refractivity contribution is 0.415. The first-order valence-corrected chi connectivity index (χ1v) is 9.46. The van der Waals surface area contributed by atoms with Gasteiger partial charge in [0.05, 0.1) is 18.1 Å². The molecule has 0 atom stereocenters. The van der Waals surface area contributed by atoms with E-state index in [1.54, 1.807) is 0 Å². The van der Waals surface area contributed by atoms with Crippen LogP contribution in [0.3, 0.4) is 0 Å². The molecule has 0 unspecified atom stereocenters. The van der Waals surface area contributed by atoms with Gasteiger partial charge in [0, 0.05) is 17.7 Å². The standard InChI is InChI=1S/C23H23FN4/c1-14(25)16-7-5-15(6-8-16)11-20-18(17-3-2-4-17)9-10-19(23(20)24)21-12-28-22(26)13-27-21/h5-10,12-13,17H,1-4,11,25H2,(H2,26,28). The van der Waals surface area contributed by atoms with Crippen molar-refractivity contribution in [2.75, 3.05) is 5.73 Å². The summed E-state index contributed by atoms with van der Waals surface area (Å²) in [7, 11) is 0. The van der Waals surface area contributed by atoms with Crippen LogP contribution in [0.4, 0.5) is 10.2 Å². The molecule has 1 aliphatic carbocycles. The second-order valence-electron chi connectivity index (χ2n) is 7.35. The van der Waals surface area contributed by atoms with E-state index in [2.05, 4.69) is 16.5 Å². The van der Waals surface area contributed by atoms with Crippen molar-refractivity contribution in [3.63, 3.8) is 0 Å². The number of aromatic nitrogens is 2. The summed E-state index contributed by atoms with van der Waals surface area (Å²) >= 11 is 0. The number of hydrogen-bond donors (Lipinski definition) is 2. The van der Waals surface area contributed by atoms with Crippen LogP contribution in [0.1, 0.15) is 47.4 Å². The average molecular weight is 374 g/mol. The highest BCUT2D eigenvalue weighted by Crippen LogP contribution is 2.41. The Hall–Kier alpha value is -3.21. The zero-order valence-corrected chi connectivity index (χ0v) is 15.7. The number of rotatable bonds is 5. The van der Waals surface area contributed by atoms with Crippen LogP contribution in [-0.2, 0) is 6.42 Å². The van der Waals surface area contributed by atoms with Crippen LogP contribution in [0, 0.1) is 5.82 Å². The first-order valence-electron chi connectivity index (χ1n) is 9.46. The highest BCUT2D eigenvalue weighted by atomic mass is 19.1. The summed E-state index contributed by atoms with van der Waals surface area (Å²) in [4.78, 5) is 8.30. The number of hydrogen-bond acceptors (Lipinski definition) is 4. The molecular formula is C23H23FN4. The molecule has 0 bridgehead atoms. The highest BCUT2D eigenvalue weighted by molar-refractivity contribution is 5.63. The molecule has 1 heterocycles. The molecule has 142 valence electrons. The predicted octanol–water partition coefficient (Wildman–Crippen LogP) is 4.65. The molecule has 4 N–H and O–H groups in total. The third-order valence-corrected chi connectivity index (χ3v) is 5.48. The molecular weight excluding hydrogens is 351 g/mol. The quantitative estimate of drug-likeness (QED) is 0.681. The van der Waals surface area contributed by atoms with E-state index in [0.717, 1.165) is 35.1 Å². The van der Waals surface area contributed by atoms with Crippen molar-refractivity contribution in [3.05, 3.63) is 83.4 Å². The van der Waals surface area contributed by atoms with E-state index in [4.69, 9.17) is 11.5 Å². The molecule has 28 heavy (non-hydrogen) atoms. The fraction of sp³-hybridized carbons (Fsp3) is 0.217. The van der Waals surface area contributed by atoms with Gasteiger partial charge < -0.3 is 11.5 Å². The lowest BCUT2D eigenvalue weighted by Crippen LogP contribution is -2.13. The molecule has 0 aliphatic heterocycles. The van der Waals surface area contributed by atoms with Crippen LogP contribution in [0.5, 0.6) is 0 Å². The monoisotopic (exact) mass is 374 g/mol. The van der Waals surface area contributed by atoms with E-state index in [0.29, 0.717) is 35.1 Å². The van der Waals surface area contributed by atoms with Crippen LogP contribution in [0.15, 0.2) is 55.4 Å². The average Bonchev–Trinajstić information content (AvgIpc) is 2.64. The van der Waals surface area contributed by atoms with Gasteiger partial charge in [-0.2, -0.15) is 0 Å². The van der Waals surface area contributed by atoms with Gasteiger partial charge >= 0.3 is 0 Å². The Bertz CT molecular complexity index is 1010. The third kappa shape index (κ3) is 3.48. The molecule has 1 fully saturated rings. The minimum Gasteiger partial charge on any atom is -0.399 e. The number of benzene rings is 2. The molecule has 1 saturated carbocycles. The minimum absolute atomic E-state index is 0.226. The van der Waals surface area contributed by atoms with E-state index in [1.165, 1.54) is 18.8 Å². The highest BCUT2D eigenvalue weighted by Gasteiger charge is 2.25. The Labute approximate surface area is 164 Å². The Morgan fingerprint density at radius 1 is 1.07 bits per heavy atom. The largest absolute Gasteiger partial charge is 0.399 e. The first kappa shape index (κ1) is 18.2. The molecule has 0 radical (unpaired) electrons. The maximum atomic E-state index is 15.6. The summed E-state index contributed by atoms with van der Waals surface area (Å²) < 4.78 is 15.6. The summed E-state index contributed by atoms with van der Waals surface area (Å²) in [5, 5.41) is 0. The van der Waals surface area contributed by atoms with Crippen molar-refractivity contribution in [1.29, 1.82) is 0 Å². The Kier molecular flexibility index (Phi) is 4.82. The molecule has 2 aromatic carbocycles. The first-order chi connectivity index (χ1) is 13.5. The van der Waals surface area contributed by atoms with Crippen molar-refractivity contribution in [1.82, 2.24) is 9.97 Å². The van der Waals surface area contributed by atoms with Crippen LogP contribution in [0.25, 0.3) is 17.0 Å². The number of nitrogen functional groups attached to an aromatic ring is 1. The molecule has 0 spiro atoms. The fourth-order valence-electron chi connectivity index (χ4n) is 3.63. The maximum Gasteiger partial charge on any atom is 0.141 e. The van der Waals surface area contributed by atoms with Crippen molar-refractivity contribution in [3.8, 4) is 11.3 Å². The molecule has 4 rings (SSSR count). The van der Waals surface area contributed by atoms with Crippen LogP contribution < -0.4 is 11.5 Å². The Balaban J connectivity index is 1.75. The van der Waals surface area contributed by atoms with E-state index < -0.39 is 0 Å². The zero-order valence-electron chi connectivity index (χ0n) is 15.7. The lowest BCUT2D eigenvalue weighted by atomic mass is 9.76. The maximum absolute atomic E-state index is 15.6. The van der Waals surface area contributed by atoms with Gasteiger partial charge in [0.15, 0.2) is 0 Å². The van der Waals surface area contributed by atoms with Crippen molar-refractivity contribution in [2.24, 2.45) is 5.73 Å². The van der Waals surface area contributed by atoms with E-state index >= 15 is 4.39 Å². The van der Waals surface area contributed by atoms with Crippen molar-refractivity contribution < 1.29 is 4.39 Å². The second-order valence-corrected chi connectivity index (χ2v) is 7.35. The van der Waals surface area contributed by atoms with Crippen LogP contribution in [0.2, 0.25) is 0 Å². The van der Waals surface area contributed by atoms with Crippen LogP contribution in [-0.4, -0.2) is 9.97 Å². The van der Waals surface area contributed by atoms with Gasteiger partial charge in [-0.15, -0.1) is 0 Å². The minimum atomic E-state index is -0.226. The van der Waals surface area contributed by atoms with Gasteiger partial charge in [-0.25, -0.2) is 9.37 Å². The Morgan fingerprint density at radius 3 is 2.39 bits per heavy atom. The normalized spacial score (nSPS) is 13.9. The molecule has 0 saturated heterocycles. The molecule has 1 aliphatic rings. The number of nitrogens with two attached hydrogens (primary N) is 2. The zero-order chi connectivity index (χ0) is 19.7. The van der Waals surface area contributed by atoms with Gasteiger partial charge in [-0.05, 0) is 47.1 Å². The molecule has 5 heteroatoms. The Morgan fingerprint density at radius 2 is 1.82 bits per heavy atom. The van der Waals surface area contributed by atoms with Crippen LogP contribution >= 0.6 is 0 Å². The van der Waals surface area contributed by atoms with Gasteiger partial charge in [0.1, 0.15) is 11.6 Å². The molecule has 0 amide bonds. The van der Waals surface area contributed by atoms with E-state index in [-0.39, 0.29) is 5.82 Å². The summed E-state index contributed by atoms with van der Waals surface area (Å²) in [6, 6.07) is 11.7. The summed E-state index contributed by atoms with van der Waals surface area (Å²) in [5.74, 6) is 0.520. The van der Waals surface area contributed by atoms with Crippen molar-refractivity contribution in [2.45, 2.75) is 31.6 Å². The molecule has 4 nitrogen and oxygen atoms in total. The summed E-state index contributed by atoms with van der Waals surface area (Å²) in [5.41, 5.74) is 16.6. The van der Waals surface area contributed by atoms with Gasteiger partial charge in [0.25, 0.3) is 0 Å². The van der Waals surface area contributed by atoms with E-state index in [9.17, 15) is 0 Å². The second kappa shape index (κ2) is 7.43. The predicted molar refractivity (Wildman–Crippen MR) is 111 cm³/mol. The molecule has 1 aromatic heterocycles. The number of nitrogens with zero attached hydrogens (tertiary/aromatic N) is 2. The smallest absolute Gasteiger partial charge is 0.141 e. The SMILES string of the molecule is C=C(N)c1ccc(Cc2c(C3CCC3)ccc(-c3cnc(N)cn3)c2F)cc1. The third-order valence-electron chi connectivity index (χ3n) is 5.48. The van der Waals surface area contributed by atoms with Gasteiger partial charge in [0.2, 0.25) is 0 Å².